The van der Waals surface area contributed by atoms with Gasteiger partial charge in [0, 0.05) is 35.1 Å². The number of nitrogens with zero attached hydrogens (tertiary/aromatic N) is 3. The molecule has 3 heterocycles. The fourth-order valence-corrected chi connectivity index (χ4v) is 8.58. The number of likely N-dealkylation sites (tertiary alicyclic amines) is 1. The van der Waals surface area contributed by atoms with E-state index < -0.39 is 58.9 Å². The average molecular weight is 892 g/mol. The minimum Gasteiger partial charge on any atom is -0.548 e. The van der Waals surface area contributed by atoms with E-state index in [0.29, 0.717) is 43.4 Å². The van der Waals surface area contributed by atoms with E-state index in [-0.39, 0.29) is 66.9 Å². The third-order valence-electron chi connectivity index (χ3n) is 10.7. The molecule has 0 bridgehead atoms. The number of carboxylic acid groups (broad SMARTS) is 1. The Labute approximate surface area is 371 Å². The van der Waals surface area contributed by atoms with Crippen LogP contribution in [0.1, 0.15) is 73.1 Å². The summed E-state index contributed by atoms with van der Waals surface area (Å²) in [5, 5.41) is 23.2. The van der Waals surface area contributed by atoms with Gasteiger partial charge in [-0.1, -0.05) is 40.7 Å². The number of thiazole rings is 1. The van der Waals surface area contributed by atoms with Crippen LogP contribution in [0.4, 0.5) is 9.93 Å². The molecule has 1 saturated heterocycles. The Hall–Kier alpha value is -3.77. The van der Waals surface area contributed by atoms with Gasteiger partial charge in [-0.3, -0.25) is 14.4 Å². The number of alkyl carbamates (subject to hydrolysis) is 1. The van der Waals surface area contributed by atoms with E-state index in [2.05, 4.69) is 43.4 Å². The predicted molar refractivity (Wildman–Crippen MR) is 214 cm³/mol. The van der Waals surface area contributed by atoms with Crippen molar-refractivity contribution in [2.45, 2.75) is 103 Å². The number of benzene rings is 1. The number of fused-ring (bicyclic) bond motifs is 1. The van der Waals surface area contributed by atoms with Crippen LogP contribution in [0.15, 0.2) is 40.7 Å². The topological polar surface area (TPSA) is 201 Å². The first-order valence-corrected chi connectivity index (χ1v) is 20.7. The fourth-order valence-electron chi connectivity index (χ4n) is 7.28. The molecule has 2 saturated carbocycles. The zero-order valence-electron chi connectivity index (χ0n) is 33.8. The van der Waals surface area contributed by atoms with Crippen molar-refractivity contribution in [1.29, 1.82) is 0 Å². The second kappa shape index (κ2) is 18.2. The molecule has 0 unspecified atom stereocenters. The van der Waals surface area contributed by atoms with Crippen molar-refractivity contribution in [2.75, 3.05) is 19.0 Å². The molecule has 6 rings (SSSR count). The summed E-state index contributed by atoms with van der Waals surface area (Å²) in [5.74, 6) is -2.79. The van der Waals surface area contributed by atoms with Crippen molar-refractivity contribution in [3.8, 4) is 22.9 Å². The zero-order valence-corrected chi connectivity index (χ0v) is 38.2. The monoisotopic (exact) mass is 890 g/mol. The number of ether oxygens (including phenoxy) is 3. The molecule has 3 fully saturated rings. The van der Waals surface area contributed by atoms with Gasteiger partial charge in [0.15, 0.2) is 5.13 Å². The predicted octanol–water partition coefficient (Wildman–Crippen LogP) is 1.97. The van der Waals surface area contributed by atoms with E-state index in [1.54, 1.807) is 58.2 Å². The molecular formula is C40H48BrN6NaO9S. The third-order valence-corrected chi connectivity index (χ3v) is 12.2. The van der Waals surface area contributed by atoms with E-state index in [4.69, 9.17) is 19.2 Å². The molecule has 4 amide bonds. The molecule has 0 spiro atoms. The van der Waals surface area contributed by atoms with Crippen LogP contribution in [0.2, 0.25) is 0 Å². The van der Waals surface area contributed by atoms with Crippen molar-refractivity contribution >= 4 is 73.1 Å². The number of aromatic nitrogens is 2. The van der Waals surface area contributed by atoms with Gasteiger partial charge >= 0.3 is 35.7 Å². The number of amides is 4. The maximum atomic E-state index is 14.6. The van der Waals surface area contributed by atoms with Gasteiger partial charge in [-0.2, -0.15) is 0 Å². The van der Waals surface area contributed by atoms with Gasteiger partial charge in [0.25, 0.3) is 0 Å². The Morgan fingerprint density at radius 3 is 2.40 bits per heavy atom. The van der Waals surface area contributed by atoms with Crippen LogP contribution in [-0.4, -0.2) is 88.1 Å². The van der Waals surface area contributed by atoms with Crippen molar-refractivity contribution in [2.24, 2.45) is 17.3 Å². The van der Waals surface area contributed by atoms with E-state index >= 15 is 0 Å². The van der Waals surface area contributed by atoms with Gasteiger partial charge in [-0.05, 0) is 65.6 Å². The summed E-state index contributed by atoms with van der Waals surface area (Å²) >= 11 is 4.86. The number of halogens is 1. The Morgan fingerprint density at radius 2 is 1.79 bits per heavy atom. The van der Waals surface area contributed by atoms with Gasteiger partial charge in [0.1, 0.15) is 41.5 Å². The summed E-state index contributed by atoms with van der Waals surface area (Å²) in [6, 6.07) is 2.95. The molecule has 3 N–H and O–H groups in total. The second-order valence-corrected chi connectivity index (χ2v) is 17.8. The second-order valence-electron chi connectivity index (χ2n) is 16.2. The van der Waals surface area contributed by atoms with Gasteiger partial charge < -0.3 is 45.0 Å². The number of hydrogen-bond donors (Lipinski definition) is 3. The third kappa shape index (κ3) is 9.64. The van der Waals surface area contributed by atoms with E-state index in [1.807, 2.05) is 0 Å². The van der Waals surface area contributed by atoms with Crippen LogP contribution in [0.25, 0.3) is 22.3 Å². The molecule has 1 aliphatic heterocycles. The number of pyridine rings is 1. The number of aliphatic carboxylic acids is 1. The van der Waals surface area contributed by atoms with Crippen LogP contribution in [-0.2, 0) is 23.9 Å². The minimum absolute atomic E-state index is 0. The number of carbonyl (C=O) groups excluding carboxylic acids is 5. The molecule has 3 aliphatic rings. The molecule has 0 radical (unpaired) electrons. The summed E-state index contributed by atoms with van der Waals surface area (Å²) in [6.45, 7) is 12.6. The molecular weight excluding hydrogens is 843 g/mol. The fraction of sp³-hybridized carbons (Fsp3) is 0.525. The van der Waals surface area contributed by atoms with Gasteiger partial charge in [0.05, 0.1) is 40.8 Å². The van der Waals surface area contributed by atoms with E-state index in [0.717, 1.165) is 25.7 Å². The number of carboxylic acids is 1. The van der Waals surface area contributed by atoms with Crippen LogP contribution in [0, 0.1) is 17.3 Å². The molecule has 2 aliphatic carbocycles. The van der Waals surface area contributed by atoms with Crippen molar-refractivity contribution < 1.29 is 72.8 Å². The molecule has 2 aromatic heterocycles. The number of anilines is 1. The first-order valence-electron chi connectivity index (χ1n) is 19.0. The van der Waals surface area contributed by atoms with Crippen molar-refractivity contribution in [3.05, 3.63) is 40.7 Å². The first-order chi connectivity index (χ1) is 26.9. The summed E-state index contributed by atoms with van der Waals surface area (Å²) in [4.78, 5) is 77.3. The Balaban J connectivity index is 0.00000641. The maximum Gasteiger partial charge on any atom is 1.00 e. The summed E-state index contributed by atoms with van der Waals surface area (Å²) < 4.78 is 18.4. The number of carbonyl (C=O) groups is 5. The van der Waals surface area contributed by atoms with Crippen LogP contribution >= 0.6 is 27.3 Å². The maximum absolute atomic E-state index is 14.6. The molecule has 5 atom stereocenters. The smallest absolute Gasteiger partial charge is 0.548 e. The van der Waals surface area contributed by atoms with Crippen molar-refractivity contribution in [3.63, 3.8) is 0 Å². The first kappa shape index (κ1) is 45.3. The van der Waals surface area contributed by atoms with Crippen LogP contribution < -0.4 is 60.1 Å². The quantitative estimate of drug-likeness (QED) is 0.168. The van der Waals surface area contributed by atoms with Gasteiger partial charge in [-0.15, -0.1) is 17.9 Å². The number of nitrogens with one attached hydrogen (secondary N) is 3. The Morgan fingerprint density at radius 1 is 1.09 bits per heavy atom. The molecule has 15 nitrogen and oxygen atoms in total. The summed E-state index contributed by atoms with van der Waals surface area (Å²) in [7, 11) is 1.53. The van der Waals surface area contributed by atoms with E-state index in [9.17, 15) is 29.1 Å². The minimum atomic E-state index is -1.65. The van der Waals surface area contributed by atoms with Crippen LogP contribution in [0.5, 0.6) is 11.5 Å². The molecule has 3 aromatic rings. The summed E-state index contributed by atoms with van der Waals surface area (Å²) in [6.07, 6.45) is 3.19. The van der Waals surface area contributed by atoms with Crippen molar-refractivity contribution in [1.82, 2.24) is 25.5 Å². The normalized spacial score (nSPS) is 22.1. The summed E-state index contributed by atoms with van der Waals surface area (Å²) in [5.41, 5.74) is -1.09. The van der Waals surface area contributed by atoms with E-state index in [1.165, 1.54) is 29.4 Å². The number of hydrogen-bond acceptors (Lipinski definition) is 12. The molecule has 18 heteroatoms. The zero-order chi connectivity index (χ0) is 41.4. The standard InChI is InChI=1S/C40H49BrN6O9S.Na/c1-8-21-17-40(21,36(51)52)46-34(49)27-15-23(18-47(27)35(50)32(39(4,5)6)44-38(53)56-22-11-9-10-12-22)55-29-16-25(26-19-57-37(43-26)45-33(48)20(2)3)42-31-24(29)13-14-28(54-7)30(31)41;/h8,13-14,16,19-23,27,32H,1,9-12,15,17-18H2,2-7H3,(H,44,53)(H,46,49)(H,51,52)(H,43,45,48);/q;+1/p-1/t21-,23-,27+,32-,40-;/m1./s1. The van der Waals surface area contributed by atoms with Gasteiger partial charge in [0.2, 0.25) is 17.7 Å². The average Bonchev–Trinajstić information content (AvgIpc) is 3.57. The Bertz CT molecular complexity index is 2090. The molecule has 306 valence electrons. The van der Waals surface area contributed by atoms with Gasteiger partial charge in [-0.25, -0.2) is 14.8 Å². The molecule has 58 heavy (non-hydrogen) atoms. The van der Waals surface area contributed by atoms with Crippen LogP contribution in [0.3, 0.4) is 0 Å². The number of rotatable bonds is 13. The Kier molecular flexibility index (Phi) is 14.2. The SMILES string of the molecule is C=C[C@@H]1C[C@]1(NC(=O)[C@@H]1C[C@@H](Oc2cc(-c3csc(NC(=O)C(C)C)n3)nc3c(Br)c(OC)ccc23)CN1C(=O)[C@@H](NC(=O)OC1CCCC1)C(C)(C)C)C(=O)[O-].[Na+]. The largest absolute Gasteiger partial charge is 1.00 e. The number of methoxy groups -OCH3 is 1. The molecule has 1 aromatic carbocycles.